The summed E-state index contributed by atoms with van der Waals surface area (Å²) in [5.41, 5.74) is 1.37. The van der Waals surface area contributed by atoms with Crippen LogP contribution in [0.1, 0.15) is 37.8 Å². The van der Waals surface area contributed by atoms with Gasteiger partial charge in [0.1, 0.15) is 5.75 Å². The molecule has 0 radical (unpaired) electrons. The van der Waals surface area contributed by atoms with Gasteiger partial charge in [0.2, 0.25) is 0 Å². The third-order valence-electron chi connectivity index (χ3n) is 5.15. The summed E-state index contributed by atoms with van der Waals surface area (Å²) in [6.45, 7) is 5.35. The van der Waals surface area contributed by atoms with Gasteiger partial charge in [-0.1, -0.05) is 0 Å². The summed E-state index contributed by atoms with van der Waals surface area (Å²) < 4.78 is 5.61. The minimum atomic E-state index is 0.598. The summed E-state index contributed by atoms with van der Waals surface area (Å²) in [6.07, 6.45) is 8.22. The van der Waals surface area contributed by atoms with Crippen molar-refractivity contribution in [3.63, 3.8) is 0 Å². The second kappa shape index (κ2) is 4.48. The monoisotopic (exact) mass is 258 g/mol. The lowest BCUT2D eigenvalue weighted by Gasteiger charge is -2.56. The normalized spacial score (nSPS) is 39.5. The van der Waals surface area contributed by atoms with E-state index in [9.17, 15) is 0 Å². The number of hydrogen-bond acceptors (Lipinski definition) is 3. The van der Waals surface area contributed by atoms with Crippen LogP contribution in [0.4, 0.5) is 0 Å². The van der Waals surface area contributed by atoms with E-state index < -0.39 is 0 Å². The van der Waals surface area contributed by atoms with Crippen LogP contribution in [0.15, 0.2) is 18.5 Å². The fourth-order valence-electron chi connectivity index (χ4n) is 4.76. The third-order valence-corrected chi connectivity index (χ3v) is 5.15. The molecular formula is C16H22N2O. The Hall–Kier alpha value is -1.09. The first kappa shape index (κ1) is 11.7. The zero-order valence-electron chi connectivity index (χ0n) is 11.6. The molecule has 4 bridgehead atoms. The molecule has 1 saturated carbocycles. The minimum Gasteiger partial charge on any atom is -0.492 e. The molecule has 1 aliphatic carbocycles. The highest BCUT2D eigenvalue weighted by atomic mass is 16.5. The molecule has 3 atom stereocenters. The largest absolute Gasteiger partial charge is 0.492 e. The molecule has 4 fully saturated rings. The lowest BCUT2D eigenvalue weighted by molar-refractivity contribution is -0.0663. The zero-order chi connectivity index (χ0) is 12.8. The average Bonchev–Trinajstić information content (AvgIpc) is 2.38. The molecule has 3 unspecified atom stereocenters. The van der Waals surface area contributed by atoms with Gasteiger partial charge in [-0.2, -0.15) is 0 Å². The van der Waals surface area contributed by atoms with Crippen LogP contribution < -0.4 is 4.74 Å². The Kier molecular flexibility index (Phi) is 2.76. The molecular weight excluding hydrogens is 236 g/mol. The Morgan fingerprint density at radius 2 is 2.00 bits per heavy atom. The quantitative estimate of drug-likeness (QED) is 0.833. The molecule has 4 aliphatic rings. The fraction of sp³-hybridized carbons (Fsp3) is 0.688. The van der Waals surface area contributed by atoms with Gasteiger partial charge >= 0.3 is 0 Å². The van der Waals surface area contributed by atoms with Crippen molar-refractivity contribution in [3.05, 3.63) is 24.0 Å². The van der Waals surface area contributed by atoms with Crippen molar-refractivity contribution < 1.29 is 4.74 Å². The Morgan fingerprint density at radius 3 is 2.68 bits per heavy atom. The van der Waals surface area contributed by atoms with Gasteiger partial charge in [-0.3, -0.25) is 9.88 Å². The summed E-state index contributed by atoms with van der Waals surface area (Å²) in [5, 5.41) is 0. The van der Waals surface area contributed by atoms with Crippen LogP contribution in [0, 0.1) is 17.8 Å². The van der Waals surface area contributed by atoms with Crippen molar-refractivity contribution in [3.8, 4) is 5.75 Å². The number of nitrogens with zero attached hydrogens (tertiary/aromatic N) is 2. The maximum Gasteiger partial charge on any atom is 0.137 e. The van der Waals surface area contributed by atoms with Gasteiger partial charge in [-0.25, -0.2) is 0 Å². The Labute approximate surface area is 115 Å². The molecule has 1 aromatic heterocycles. The van der Waals surface area contributed by atoms with Crippen molar-refractivity contribution >= 4 is 0 Å². The Balaban J connectivity index is 1.63. The van der Waals surface area contributed by atoms with Gasteiger partial charge in [0.05, 0.1) is 12.8 Å². The number of piperidine rings is 3. The van der Waals surface area contributed by atoms with Gasteiger partial charge in [0.25, 0.3) is 0 Å². The van der Waals surface area contributed by atoms with Crippen LogP contribution in [0.25, 0.3) is 0 Å². The summed E-state index contributed by atoms with van der Waals surface area (Å²) >= 11 is 0. The van der Waals surface area contributed by atoms with Gasteiger partial charge in [-0.15, -0.1) is 0 Å². The molecule has 3 aliphatic heterocycles. The lowest BCUT2D eigenvalue weighted by Crippen LogP contribution is -2.54. The highest BCUT2D eigenvalue weighted by molar-refractivity contribution is 5.28. The van der Waals surface area contributed by atoms with E-state index in [4.69, 9.17) is 4.74 Å². The molecule has 0 amide bonds. The molecule has 4 heterocycles. The Bertz CT molecular complexity index is 446. The standard InChI is InChI=1S/C16H22N2O/c1-2-19-15-6-14(7-17-8-15)16-13-4-11-3-12(5-13)10-18(16)9-11/h6-8,11-13,16H,2-5,9-10H2,1H3. The summed E-state index contributed by atoms with van der Waals surface area (Å²) in [4.78, 5) is 7.10. The summed E-state index contributed by atoms with van der Waals surface area (Å²) in [6, 6.07) is 2.81. The minimum absolute atomic E-state index is 0.598. The third kappa shape index (κ3) is 1.95. The fourth-order valence-corrected chi connectivity index (χ4v) is 4.76. The van der Waals surface area contributed by atoms with Gasteiger partial charge in [-0.05, 0) is 55.6 Å². The molecule has 0 N–H and O–H groups in total. The second-order valence-corrected chi connectivity index (χ2v) is 6.48. The molecule has 102 valence electrons. The molecule has 0 aromatic carbocycles. The van der Waals surface area contributed by atoms with Crippen molar-refractivity contribution in [2.45, 2.75) is 32.2 Å². The summed E-state index contributed by atoms with van der Waals surface area (Å²) in [5.74, 6) is 3.72. The first-order chi connectivity index (χ1) is 9.33. The smallest absolute Gasteiger partial charge is 0.137 e. The van der Waals surface area contributed by atoms with Crippen molar-refractivity contribution in [2.75, 3.05) is 19.7 Å². The van der Waals surface area contributed by atoms with Crippen LogP contribution in [-0.2, 0) is 0 Å². The molecule has 3 nitrogen and oxygen atoms in total. The van der Waals surface area contributed by atoms with E-state index in [1.807, 2.05) is 13.1 Å². The number of pyridine rings is 1. The number of ether oxygens (including phenoxy) is 1. The predicted octanol–water partition coefficient (Wildman–Crippen LogP) is 2.88. The van der Waals surface area contributed by atoms with E-state index in [1.54, 1.807) is 0 Å². The highest BCUT2D eigenvalue weighted by Gasteiger charge is 2.47. The van der Waals surface area contributed by atoms with E-state index in [0.717, 1.165) is 23.5 Å². The predicted molar refractivity (Wildman–Crippen MR) is 74.0 cm³/mol. The van der Waals surface area contributed by atoms with E-state index in [1.165, 1.54) is 37.9 Å². The zero-order valence-corrected chi connectivity index (χ0v) is 11.6. The van der Waals surface area contributed by atoms with Gasteiger partial charge in [0, 0.05) is 25.3 Å². The molecule has 3 heteroatoms. The SMILES string of the molecule is CCOc1cncc(C2C3CC4CC(C3)CN2C4)c1. The molecule has 0 spiro atoms. The van der Waals surface area contributed by atoms with E-state index in [-0.39, 0.29) is 0 Å². The molecule has 5 rings (SSSR count). The maximum atomic E-state index is 5.61. The van der Waals surface area contributed by atoms with Crippen LogP contribution in [-0.4, -0.2) is 29.6 Å². The molecule has 19 heavy (non-hydrogen) atoms. The number of aromatic nitrogens is 1. The number of rotatable bonds is 3. The van der Waals surface area contributed by atoms with Crippen molar-refractivity contribution in [2.24, 2.45) is 17.8 Å². The second-order valence-electron chi connectivity index (χ2n) is 6.48. The van der Waals surface area contributed by atoms with E-state index in [0.29, 0.717) is 12.6 Å². The van der Waals surface area contributed by atoms with Crippen molar-refractivity contribution in [1.29, 1.82) is 0 Å². The van der Waals surface area contributed by atoms with E-state index >= 15 is 0 Å². The number of hydrogen-bond donors (Lipinski definition) is 0. The first-order valence-electron chi connectivity index (χ1n) is 7.65. The lowest BCUT2D eigenvalue weighted by atomic mass is 9.64. The highest BCUT2D eigenvalue weighted by Crippen LogP contribution is 2.52. The first-order valence-corrected chi connectivity index (χ1v) is 7.65. The van der Waals surface area contributed by atoms with Crippen molar-refractivity contribution in [1.82, 2.24) is 9.88 Å². The van der Waals surface area contributed by atoms with Gasteiger partial charge < -0.3 is 4.74 Å². The molecule has 3 saturated heterocycles. The molecule has 1 aromatic rings. The Morgan fingerprint density at radius 1 is 1.21 bits per heavy atom. The van der Waals surface area contributed by atoms with E-state index in [2.05, 4.69) is 22.1 Å². The van der Waals surface area contributed by atoms with Crippen LogP contribution >= 0.6 is 0 Å². The summed E-state index contributed by atoms with van der Waals surface area (Å²) in [7, 11) is 0. The average molecular weight is 258 g/mol. The van der Waals surface area contributed by atoms with Crippen LogP contribution in [0.3, 0.4) is 0 Å². The topological polar surface area (TPSA) is 25.4 Å². The van der Waals surface area contributed by atoms with Crippen LogP contribution in [0.2, 0.25) is 0 Å². The van der Waals surface area contributed by atoms with Gasteiger partial charge in [0.15, 0.2) is 0 Å². The maximum absolute atomic E-state index is 5.61. The van der Waals surface area contributed by atoms with Crippen LogP contribution in [0.5, 0.6) is 5.75 Å².